The Morgan fingerprint density at radius 2 is 1.83 bits per heavy atom. The summed E-state index contributed by atoms with van der Waals surface area (Å²) in [6, 6.07) is 14.0. The monoisotopic (exact) mass is 474 g/mol. The summed E-state index contributed by atoms with van der Waals surface area (Å²) in [6.45, 7) is -0.452. The number of carbonyl (C=O) groups excluding carboxylic acids is 3. The lowest BCUT2D eigenvalue weighted by Gasteiger charge is -2.23. The number of urea groups is 1. The fraction of sp³-hybridized carbons (Fsp3) is 0.200. The van der Waals surface area contributed by atoms with Crippen molar-refractivity contribution in [1.82, 2.24) is 15.2 Å². The van der Waals surface area contributed by atoms with Crippen molar-refractivity contribution in [3.05, 3.63) is 69.2 Å². The average Bonchev–Trinajstić information content (AvgIpc) is 3.28. The summed E-state index contributed by atoms with van der Waals surface area (Å²) in [4.78, 5) is 37.6. The second kappa shape index (κ2) is 7.96. The molecule has 4 rings (SSSR count). The zero-order valence-electron chi connectivity index (χ0n) is 15.1. The molecular weight excluding hydrogens is 460 g/mol. The van der Waals surface area contributed by atoms with E-state index in [1.807, 2.05) is 36.4 Å². The Balaban J connectivity index is 1.64. The number of hydrogen-bond acceptors (Lipinski definition) is 4. The lowest BCUT2D eigenvalue weighted by molar-refractivity contribution is -0.137. The van der Waals surface area contributed by atoms with E-state index in [0.717, 1.165) is 26.2 Å². The fourth-order valence-electron chi connectivity index (χ4n) is 3.32. The lowest BCUT2D eigenvalue weighted by Crippen LogP contribution is -2.41. The Bertz CT molecular complexity index is 991. The standard InChI is InChI=1S/C20H16BrClN4O3/c21-14-5-1-12(2-6-14)16-9-17(13-3-7-15(22)8-4-13)26(24-16)19(28)11-25-18(27)10-23-20(25)29/h1-8,17H,9-11H2,(H,23,29). The number of hydrazone groups is 1. The van der Waals surface area contributed by atoms with Crippen LogP contribution in [0.1, 0.15) is 23.6 Å². The van der Waals surface area contributed by atoms with E-state index in [1.165, 1.54) is 5.01 Å². The number of amides is 4. The minimum Gasteiger partial charge on any atom is -0.329 e. The normalized spacial score (nSPS) is 18.8. The maximum Gasteiger partial charge on any atom is 0.325 e. The number of halogens is 2. The summed E-state index contributed by atoms with van der Waals surface area (Å²) in [5, 5.41) is 8.91. The van der Waals surface area contributed by atoms with Crippen molar-refractivity contribution in [3.8, 4) is 0 Å². The minimum atomic E-state index is -0.567. The second-order valence-electron chi connectivity index (χ2n) is 6.70. The van der Waals surface area contributed by atoms with Gasteiger partial charge in [-0.3, -0.25) is 14.5 Å². The largest absolute Gasteiger partial charge is 0.329 e. The van der Waals surface area contributed by atoms with Crippen LogP contribution in [0, 0.1) is 0 Å². The van der Waals surface area contributed by atoms with Gasteiger partial charge >= 0.3 is 6.03 Å². The highest BCUT2D eigenvalue weighted by Crippen LogP contribution is 2.33. The van der Waals surface area contributed by atoms with Crippen LogP contribution in [0.5, 0.6) is 0 Å². The first-order valence-corrected chi connectivity index (χ1v) is 10.1. The summed E-state index contributed by atoms with van der Waals surface area (Å²) in [5.74, 6) is -0.856. The number of nitrogens with zero attached hydrogens (tertiary/aromatic N) is 3. The van der Waals surface area contributed by atoms with E-state index in [1.54, 1.807) is 12.1 Å². The summed E-state index contributed by atoms with van der Waals surface area (Å²) in [6.07, 6.45) is 0.509. The summed E-state index contributed by atoms with van der Waals surface area (Å²) >= 11 is 9.41. The zero-order chi connectivity index (χ0) is 20.5. The van der Waals surface area contributed by atoms with Gasteiger partial charge in [-0.1, -0.05) is 51.8 Å². The van der Waals surface area contributed by atoms with Gasteiger partial charge in [0.25, 0.3) is 11.8 Å². The van der Waals surface area contributed by atoms with Gasteiger partial charge in [-0.15, -0.1) is 0 Å². The fourth-order valence-corrected chi connectivity index (χ4v) is 3.71. The molecule has 1 unspecified atom stereocenters. The van der Waals surface area contributed by atoms with E-state index in [-0.39, 0.29) is 19.1 Å². The van der Waals surface area contributed by atoms with E-state index < -0.39 is 17.8 Å². The highest BCUT2D eigenvalue weighted by atomic mass is 79.9. The quantitative estimate of drug-likeness (QED) is 0.689. The third-order valence-corrected chi connectivity index (χ3v) is 5.61. The molecule has 0 aromatic heterocycles. The van der Waals surface area contributed by atoms with Crippen molar-refractivity contribution < 1.29 is 14.4 Å². The van der Waals surface area contributed by atoms with E-state index >= 15 is 0 Å². The van der Waals surface area contributed by atoms with Crippen molar-refractivity contribution in [2.24, 2.45) is 5.10 Å². The van der Waals surface area contributed by atoms with Crippen LogP contribution in [-0.2, 0) is 9.59 Å². The average molecular weight is 476 g/mol. The van der Waals surface area contributed by atoms with Crippen molar-refractivity contribution in [1.29, 1.82) is 0 Å². The van der Waals surface area contributed by atoms with Crippen LogP contribution in [0.3, 0.4) is 0 Å². The van der Waals surface area contributed by atoms with Crippen molar-refractivity contribution in [2.45, 2.75) is 12.5 Å². The molecule has 2 aliphatic rings. The van der Waals surface area contributed by atoms with Gasteiger partial charge in [-0.25, -0.2) is 9.80 Å². The molecule has 0 spiro atoms. The van der Waals surface area contributed by atoms with E-state index in [0.29, 0.717) is 11.4 Å². The van der Waals surface area contributed by atoms with Gasteiger partial charge in [0.05, 0.1) is 18.3 Å². The summed E-state index contributed by atoms with van der Waals surface area (Å²) in [5.41, 5.74) is 2.52. The Labute approximate surface area is 180 Å². The van der Waals surface area contributed by atoms with Gasteiger partial charge in [-0.2, -0.15) is 5.10 Å². The molecule has 29 heavy (non-hydrogen) atoms. The van der Waals surface area contributed by atoms with E-state index in [4.69, 9.17) is 11.6 Å². The van der Waals surface area contributed by atoms with Gasteiger partial charge in [0.2, 0.25) is 0 Å². The number of nitrogens with one attached hydrogen (secondary N) is 1. The number of benzene rings is 2. The van der Waals surface area contributed by atoms with Crippen LogP contribution in [-0.4, -0.2) is 46.6 Å². The van der Waals surface area contributed by atoms with Crippen LogP contribution in [0.15, 0.2) is 58.1 Å². The number of hydrogen-bond donors (Lipinski definition) is 1. The molecule has 2 aromatic carbocycles. The molecule has 148 valence electrons. The zero-order valence-corrected chi connectivity index (χ0v) is 17.5. The molecule has 9 heteroatoms. The molecule has 1 saturated heterocycles. The van der Waals surface area contributed by atoms with Gasteiger partial charge in [0.1, 0.15) is 6.54 Å². The first-order valence-electron chi connectivity index (χ1n) is 8.91. The Morgan fingerprint density at radius 3 is 2.45 bits per heavy atom. The highest BCUT2D eigenvalue weighted by Gasteiger charge is 2.37. The molecule has 0 radical (unpaired) electrons. The Morgan fingerprint density at radius 1 is 1.14 bits per heavy atom. The third-order valence-electron chi connectivity index (χ3n) is 4.83. The Kier molecular flexibility index (Phi) is 5.38. The molecule has 1 atom stereocenters. The van der Waals surface area contributed by atoms with E-state index in [9.17, 15) is 14.4 Å². The van der Waals surface area contributed by atoms with Gasteiger partial charge in [0, 0.05) is 15.9 Å². The molecule has 7 nitrogen and oxygen atoms in total. The first-order chi connectivity index (χ1) is 13.9. The van der Waals surface area contributed by atoms with E-state index in [2.05, 4.69) is 26.3 Å². The molecule has 2 heterocycles. The summed E-state index contributed by atoms with van der Waals surface area (Å²) < 4.78 is 0.945. The van der Waals surface area contributed by atoms with Gasteiger partial charge in [-0.05, 0) is 35.4 Å². The van der Waals surface area contributed by atoms with Crippen LogP contribution >= 0.6 is 27.5 Å². The molecule has 4 amide bonds. The van der Waals surface area contributed by atoms with Gasteiger partial charge in [0.15, 0.2) is 0 Å². The first kappa shape index (κ1) is 19.6. The Hall–Kier alpha value is -2.71. The predicted octanol–water partition coefficient (Wildman–Crippen LogP) is 3.33. The number of carbonyl (C=O) groups is 3. The maximum absolute atomic E-state index is 13.0. The van der Waals surface area contributed by atoms with Crippen molar-refractivity contribution >= 4 is 51.1 Å². The van der Waals surface area contributed by atoms with Crippen LogP contribution < -0.4 is 5.32 Å². The maximum atomic E-state index is 13.0. The van der Waals surface area contributed by atoms with Crippen molar-refractivity contribution in [3.63, 3.8) is 0 Å². The molecule has 1 N–H and O–H groups in total. The summed E-state index contributed by atoms with van der Waals surface area (Å²) in [7, 11) is 0. The topological polar surface area (TPSA) is 82.1 Å². The molecule has 0 aliphatic carbocycles. The molecule has 2 aliphatic heterocycles. The van der Waals surface area contributed by atoms with Crippen LogP contribution in [0.2, 0.25) is 5.02 Å². The SMILES string of the molecule is O=C1CNC(=O)N1CC(=O)N1N=C(c2ccc(Br)cc2)CC1c1ccc(Cl)cc1. The predicted molar refractivity (Wildman–Crippen MR) is 111 cm³/mol. The number of imide groups is 1. The second-order valence-corrected chi connectivity index (χ2v) is 8.05. The van der Waals surface area contributed by atoms with Gasteiger partial charge < -0.3 is 5.32 Å². The molecule has 2 aromatic rings. The number of rotatable bonds is 4. The molecule has 0 bridgehead atoms. The third kappa shape index (κ3) is 4.04. The molecule has 1 fully saturated rings. The molecule has 0 saturated carbocycles. The van der Waals surface area contributed by atoms with Crippen molar-refractivity contribution in [2.75, 3.05) is 13.1 Å². The minimum absolute atomic E-state index is 0.0971. The smallest absolute Gasteiger partial charge is 0.325 e. The lowest BCUT2D eigenvalue weighted by atomic mass is 9.98. The highest BCUT2D eigenvalue weighted by molar-refractivity contribution is 9.10. The van der Waals surface area contributed by atoms with Crippen LogP contribution in [0.25, 0.3) is 0 Å². The molecular formula is C20H16BrClN4O3. The van der Waals surface area contributed by atoms with Crippen LogP contribution in [0.4, 0.5) is 4.79 Å².